The Morgan fingerprint density at radius 1 is 1.34 bits per heavy atom. The molecule has 2 atom stereocenters. The first kappa shape index (κ1) is 25.4. The van der Waals surface area contributed by atoms with Crippen LogP contribution in [0.5, 0.6) is 0 Å². The number of fused-ring (bicyclic) bond motifs is 2. The van der Waals surface area contributed by atoms with E-state index in [1.807, 2.05) is 0 Å². The third-order valence-corrected chi connectivity index (χ3v) is 8.43. The molecule has 0 aliphatic carbocycles. The number of thioether (sulfide) groups is 2. The molecule has 1 saturated heterocycles. The van der Waals surface area contributed by atoms with Crippen molar-refractivity contribution in [2.45, 2.75) is 16.4 Å². The van der Waals surface area contributed by atoms with Crippen molar-refractivity contribution in [3.63, 3.8) is 0 Å². The molecule has 38 heavy (non-hydrogen) atoms. The number of carbonyl (C=O) groups excluding carboxylic acids is 3. The molecule has 2 aliphatic heterocycles. The molecule has 0 saturated carbocycles. The van der Waals surface area contributed by atoms with Crippen LogP contribution in [0, 0.1) is 0 Å². The van der Waals surface area contributed by atoms with Crippen LogP contribution >= 0.6 is 34.9 Å². The van der Waals surface area contributed by atoms with Crippen molar-refractivity contribution in [3.8, 4) is 0 Å². The van der Waals surface area contributed by atoms with Crippen molar-refractivity contribution < 1.29 is 29.5 Å². The molecule has 3 aromatic rings. The van der Waals surface area contributed by atoms with Crippen LogP contribution in [0.15, 0.2) is 32.9 Å². The predicted octanol–water partition coefficient (Wildman–Crippen LogP) is -1.63. The lowest BCUT2D eigenvalue weighted by Gasteiger charge is -2.49. The molecule has 7 N–H and O–H groups in total. The van der Waals surface area contributed by atoms with Crippen LogP contribution < -0.4 is 16.8 Å². The van der Waals surface area contributed by atoms with Gasteiger partial charge in [-0.1, -0.05) is 16.9 Å². The van der Waals surface area contributed by atoms with Gasteiger partial charge < -0.3 is 27.1 Å². The summed E-state index contributed by atoms with van der Waals surface area (Å²) in [5.74, 6) is -3.24. The third-order valence-electron chi connectivity index (χ3n) is 5.43. The number of nitrogens with two attached hydrogens (primary N) is 2. The molecule has 2 aliphatic rings. The summed E-state index contributed by atoms with van der Waals surface area (Å²) < 4.78 is 1.04. The van der Waals surface area contributed by atoms with Crippen LogP contribution in [0.2, 0.25) is 0 Å². The molecule has 0 spiro atoms. The van der Waals surface area contributed by atoms with Crippen LogP contribution in [0.4, 0.5) is 5.13 Å². The molecule has 20 heteroatoms. The Morgan fingerprint density at radius 2 is 2.13 bits per heavy atom. The first-order chi connectivity index (χ1) is 18.2. The maximum Gasteiger partial charge on any atom is 0.352 e. The average molecular weight is 578 g/mol. The highest BCUT2D eigenvalue weighted by Gasteiger charge is 2.54. The molecule has 3 aromatic heterocycles. The summed E-state index contributed by atoms with van der Waals surface area (Å²) in [5, 5.41) is 40.8. The van der Waals surface area contributed by atoms with E-state index in [4.69, 9.17) is 11.5 Å². The number of carboxylic acids is 1. The first-order valence-electron chi connectivity index (χ1n) is 10.4. The highest BCUT2D eigenvalue weighted by Crippen LogP contribution is 2.41. The van der Waals surface area contributed by atoms with Crippen molar-refractivity contribution in [3.05, 3.63) is 34.0 Å². The Morgan fingerprint density at radius 3 is 2.79 bits per heavy atom. The minimum Gasteiger partial charge on any atom is -0.477 e. The van der Waals surface area contributed by atoms with Crippen LogP contribution in [0.1, 0.15) is 16.1 Å². The molecule has 0 radical (unpaired) electrons. The van der Waals surface area contributed by atoms with E-state index < -0.39 is 40.8 Å². The number of aromatic nitrogens is 6. The number of nitrogens with zero attached hydrogens (tertiary/aromatic N) is 8. The molecule has 0 aromatic carbocycles. The number of carboxylic acid groups (broad SMARTS) is 1. The van der Waals surface area contributed by atoms with Crippen molar-refractivity contribution in [1.29, 1.82) is 0 Å². The molecule has 17 nitrogen and oxygen atoms in total. The number of hydrogen-bond acceptors (Lipinski definition) is 15. The standard InChI is InChI=1S/C18H15N11O6S3/c19-12(30)6-1-8(24-29-13(6)23-26-27-29)36-2-5-3-37-16-10(15(32)28(16)11(5)17(33)34)22-14(31)9(25-35)7-4-38-18(20)21-7/h1,4,10,16,35H,2-3H2,(H2,19,30)(H2,20,21)(H,22,31)(H,33,34)/t10?,16-/m0/s1. The van der Waals surface area contributed by atoms with Crippen molar-refractivity contribution in [2.24, 2.45) is 10.9 Å². The van der Waals surface area contributed by atoms with Crippen LogP contribution in [0.3, 0.4) is 0 Å². The van der Waals surface area contributed by atoms with E-state index in [9.17, 15) is 29.5 Å². The molecule has 1 fully saturated rings. The smallest absolute Gasteiger partial charge is 0.352 e. The molecule has 196 valence electrons. The Labute approximate surface area is 223 Å². The van der Waals surface area contributed by atoms with E-state index in [-0.39, 0.29) is 39.2 Å². The summed E-state index contributed by atoms with van der Waals surface area (Å²) >= 11 is 3.39. The number of oxime groups is 1. The monoisotopic (exact) mass is 577 g/mol. The van der Waals surface area contributed by atoms with Crippen LogP contribution in [-0.4, -0.2) is 97.8 Å². The fourth-order valence-electron chi connectivity index (χ4n) is 3.75. The lowest BCUT2D eigenvalue weighted by molar-refractivity contribution is -0.150. The summed E-state index contributed by atoms with van der Waals surface area (Å²) in [4.78, 5) is 54.5. The second-order valence-corrected chi connectivity index (χ2v) is 10.7. The maximum absolute atomic E-state index is 12.9. The number of tetrazole rings is 1. The number of primary amides is 1. The number of β-lactam (4-membered cyclic amide) rings is 1. The van der Waals surface area contributed by atoms with E-state index in [0.29, 0.717) is 10.6 Å². The predicted molar refractivity (Wildman–Crippen MR) is 132 cm³/mol. The second kappa shape index (κ2) is 9.87. The fourth-order valence-corrected chi connectivity index (χ4v) is 6.67. The lowest BCUT2D eigenvalue weighted by Crippen LogP contribution is -2.71. The van der Waals surface area contributed by atoms with Crippen molar-refractivity contribution in [1.82, 2.24) is 40.5 Å². The molecule has 5 rings (SSSR count). The Bertz CT molecular complexity index is 1570. The van der Waals surface area contributed by atoms with E-state index in [0.717, 1.165) is 32.6 Å². The fraction of sp³-hybridized carbons (Fsp3) is 0.222. The minimum absolute atomic E-state index is 0.0332. The largest absolute Gasteiger partial charge is 0.477 e. The van der Waals surface area contributed by atoms with E-state index in [1.54, 1.807) is 0 Å². The van der Waals surface area contributed by atoms with Gasteiger partial charge in [0, 0.05) is 16.9 Å². The minimum atomic E-state index is -1.32. The van der Waals surface area contributed by atoms with Gasteiger partial charge in [-0.15, -0.1) is 37.9 Å². The number of anilines is 1. The first-order valence-corrected chi connectivity index (χ1v) is 13.3. The number of nitrogen functional groups attached to an aromatic ring is 1. The molecular formula is C18H15N11O6S3. The van der Waals surface area contributed by atoms with Gasteiger partial charge in [-0.25, -0.2) is 9.78 Å². The van der Waals surface area contributed by atoms with Gasteiger partial charge in [0.25, 0.3) is 17.7 Å². The SMILES string of the molecule is NC(=O)c1cc(SCC2=C(C(=O)O)N3C(=O)C(NC(=O)C(=NO)c4csc(N)n4)[C@@H]3SC2)nn2nnnc12. The summed E-state index contributed by atoms with van der Waals surface area (Å²) in [6.07, 6.45) is 0. The summed E-state index contributed by atoms with van der Waals surface area (Å²) in [7, 11) is 0. The van der Waals surface area contributed by atoms with E-state index in [2.05, 4.69) is 36.1 Å². The highest BCUT2D eigenvalue weighted by atomic mass is 32.2. The van der Waals surface area contributed by atoms with Gasteiger partial charge >= 0.3 is 5.97 Å². The third kappa shape index (κ3) is 4.37. The average Bonchev–Trinajstić information content (AvgIpc) is 3.54. The van der Waals surface area contributed by atoms with Crippen molar-refractivity contribution >= 4 is 75.0 Å². The Kier molecular flexibility index (Phi) is 6.59. The zero-order chi connectivity index (χ0) is 27.1. The van der Waals surface area contributed by atoms with E-state index in [1.165, 1.54) is 23.2 Å². The Hall–Kier alpha value is -4.30. The zero-order valence-electron chi connectivity index (χ0n) is 18.7. The topological polar surface area (TPSA) is 257 Å². The zero-order valence-corrected chi connectivity index (χ0v) is 21.2. The van der Waals surface area contributed by atoms with Gasteiger partial charge in [-0.2, -0.15) is 0 Å². The van der Waals surface area contributed by atoms with Crippen molar-refractivity contribution in [2.75, 3.05) is 17.2 Å². The molecule has 0 bridgehead atoms. The quantitative estimate of drug-likeness (QED) is 0.0662. The number of thiazole rings is 1. The summed E-state index contributed by atoms with van der Waals surface area (Å²) in [5.41, 5.74) is 10.9. The summed E-state index contributed by atoms with van der Waals surface area (Å²) in [6.45, 7) is 0. The number of amides is 3. The van der Waals surface area contributed by atoms with Crippen LogP contribution in [0.25, 0.3) is 5.65 Å². The number of nitrogens with one attached hydrogen (secondary N) is 1. The van der Waals surface area contributed by atoms with Gasteiger partial charge in [0.05, 0.1) is 5.56 Å². The molecule has 5 heterocycles. The van der Waals surface area contributed by atoms with Gasteiger partial charge in [0.15, 0.2) is 10.8 Å². The number of carbonyl (C=O) groups is 4. The molecule has 1 unspecified atom stereocenters. The maximum atomic E-state index is 12.9. The number of hydrogen-bond donors (Lipinski definition) is 5. The normalized spacial score (nSPS) is 19.3. The van der Waals surface area contributed by atoms with Crippen LogP contribution in [-0.2, 0) is 14.4 Å². The number of aliphatic carboxylic acids is 1. The second-order valence-electron chi connectivity index (χ2n) is 7.68. The van der Waals surface area contributed by atoms with Gasteiger partial charge in [-0.3, -0.25) is 19.3 Å². The summed E-state index contributed by atoms with van der Waals surface area (Å²) in [6, 6.07) is 0.348. The van der Waals surface area contributed by atoms with Gasteiger partial charge in [0.2, 0.25) is 5.65 Å². The lowest BCUT2D eigenvalue weighted by atomic mass is 10.0. The van der Waals surface area contributed by atoms with Gasteiger partial charge in [0.1, 0.15) is 27.8 Å². The Balaban J connectivity index is 1.33. The number of rotatable bonds is 8. The molecule has 3 amide bonds. The highest BCUT2D eigenvalue weighted by molar-refractivity contribution is 8.01. The molecular weight excluding hydrogens is 562 g/mol. The van der Waals surface area contributed by atoms with Gasteiger partial charge in [-0.05, 0) is 22.1 Å². The van der Waals surface area contributed by atoms with E-state index >= 15 is 0 Å².